The maximum absolute atomic E-state index is 13.4. The molecule has 35 heavy (non-hydrogen) atoms. The lowest BCUT2D eigenvalue weighted by Gasteiger charge is -2.22. The molecule has 0 spiro atoms. The molecule has 0 atom stereocenters. The van der Waals surface area contributed by atoms with E-state index in [1.807, 2.05) is 48.5 Å². The highest BCUT2D eigenvalue weighted by molar-refractivity contribution is 9.10. The number of benzene rings is 2. The number of para-hydroxylation sites is 2. The minimum absolute atomic E-state index is 0.170. The number of imidazole rings is 1. The number of rotatable bonds is 5. The van der Waals surface area contributed by atoms with Crippen LogP contribution in [0.2, 0.25) is 0 Å². The van der Waals surface area contributed by atoms with Crippen molar-refractivity contribution in [3.05, 3.63) is 81.0 Å². The van der Waals surface area contributed by atoms with Crippen molar-refractivity contribution in [1.82, 2.24) is 19.6 Å². The van der Waals surface area contributed by atoms with Gasteiger partial charge in [0.1, 0.15) is 11.6 Å². The number of halogens is 1. The number of nitrogens with one attached hydrogen (secondary N) is 1. The van der Waals surface area contributed by atoms with Crippen molar-refractivity contribution in [2.45, 2.75) is 48.3 Å². The molecule has 0 aliphatic heterocycles. The Balaban J connectivity index is 1.32. The number of furan rings is 1. The molecule has 2 aromatic carbocycles. The zero-order valence-electron chi connectivity index (χ0n) is 18.8. The smallest absolute Gasteiger partial charge is 0.282 e. The van der Waals surface area contributed by atoms with Gasteiger partial charge in [-0.1, -0.05) is 47.3 Å². The van der Waals surface area contributed by atoms with Crippen molar-refractivity contribution in [3.63, 3.8) is 0 Å². The normalized spacial score (nSPS) is 15.0. The second-order valence-corrected chi connectivity index (χ2v) is 10.6. The number of aromatic nitrogens is 4. The number of fused-ring (bicyclic) bond motifs is 2. The molecule has 9 heteroatoms. The first kappa shape index (κ1) is 22.3. The maximum atomic E-state index is 13.4. The summed E-state index contributed by atoms with van der Waals surface area (Å²) in [6.07, 6.45) is 7.13. The molecule has 0 saturated heterocycles. The standard InChI is InChI=1S/C26H22BrN5O2S/c27-17-10-12-20-19(14-17)25(33)32(24(29-20)16-6-2-1-3-7-16)28-15-18-11-13-23(34-18)35-26-30-21-8-4-5-9-22(21)31-26/h4-5,8-16H,1-3,6-7H2,(H,30,31). The molecule has 0 bridgehead atoms. The van der Waals surface area contributed by atoms with Crippen LogP contribution in [-0.4, -0.2) is 25.8 Å². The van der Waals surface area contributed by atoms with Gasteiger partial charge in [0.2, 0.25) is 0 Å². The van der Waals surface area contributed by atoms with Crippen molar-refractivity contribution < 1.29 is 4.42 Å². The zero-order chi connectivity index (χ0) is 23.8. The van der Waals surface area contributed by atoms with Crippen molar-refractivity contribution >= 4 is 55.8 Å². The molecule has 7 nitrogen and oxygen atoms in total. The van der Waals surface area contributed by atoms with Crippen LogP contribution in [0.5, 0.6) is 0 Å². The number of aromatic amines is 1. The van der Waals surface area contributed by atoms with Crippen molar-refractivity contribution in [1.29, 1.82) is 0 Å². The van der Waals surface area contributed by atoms with Gasteiger partial charge in [-0.2, -0.15) is 9.78 Å². The quantitative estimate of drug-likeness (QED) is 0.247. The molecule has 6 rings (SSSR count). The summed E-state index contributed by atoms with van der Waals surface area (Å²) in [6, 6.07) is 17.2. The largest absolute Gasteiger partial charge is 0.448 e. The van der Waals surface area contributed by atoms with Gasteiger partial charge in [0.25, 0.3) is 5.56 Å². The molecule has 1 aliphatic carbocycles. The predicted molar refractivity (Wildman–Crippen MR) is 141 cm³/mol. The van der Waals surface area contributed by atoms with Crippen LogP contribution >= 0.6 is 27.7 Å². The van der Waals surface area contributed by atoms with E-state index in [1.54, 1.807) is 12.3 Å². The van der Waals surface area contributed by atoms with E-state index < -0.39 is 0 Å². The summed E-state index contributed by atoms with van der Waals surface area (Å²) in [7, 11) is 0. The molecule has 3 aromatic heterocycles. The van der Waals surface area contributed by atoms with E-state index in [0.717, 1.165) is 52.2 Å². The molecule has 1 fully saturated rings. The first-order chi connectivity index (χ1) is 17.1. The van der Waals surface area contributed by atoms with Crippen molar-refractivity contribution in [3.8, 4) is 0 Å². The van der Waals surface area contributed by atoms with Gasteiger partial charge in [0.05, 0.1) is 28.2 Å². The van der Waals surface area contributed by atoms with E-state index in [9.17, 15) is 4.79 Å². The lowest BCUT2D eigenvalue weighted by Crippen LogP contribution is -2.25. The minimum Gasteiger partial charge on any atom is -0.448 e. The fourth-order valence-corrected chi connectivity index (χ4v) is 5.68. The molecule has 1 N–H and O–H groups in total. The highest BCUT2D eigenvalue weighted by Gasteiger charge is 2.22. The average molecular weight is 548 g/mol. The van der Waals surface area contributed by atoms with E-state index in [1.165, 1.54) is 22.9 Å². The fraction of sp³-hybridized carbons (Fsp3) is 0.231. The Morgan fingerprint density at radius 1 is 1.06 bits per heavy atom. The minimum atomic E-state index is -0.170. The summed E-state index contributed by atoms with van der Waals surface area (Å²) in [5.41, 5.74) is 2.42. The van der Waals surface area contributed by atoms with Crippen LogP contribution in [0.15, 0.2) is 83.6 Å². The molecule has 1 saturated carbocycles. The van der Waals surface area contributed by atoms with Crippen molar-refractivity contribution in [2.24, 2.45) is 5.10 Å². The summed E-state index contributed by atoms with van der Waals surface area (Å²) in [4.78, 5) is 26.2. The lowest BCUT2D eigenvalue weighted by molar-refractivity contribution is 0.416. The van der Waals surface area contributed by atoms with Crippen LogP contribution in [0, 0.1) is 0 Å². The monoisotopic (exact) mass is 547 g/mol. The van der Waals surface area contributed by atoms with Crippen LogP contribution in [0.4, 0.5) is 0 Å². The molecule has 0 amide bonds. The molecule has 5 aromatic rings. The van der Waals surface area contributed by atoms with E-state index in [0.29, 0.717) is 21.8 Å². The van der Waals surface area contributed by atoms with E-state index in [4.69, 9.17) is 9.40 Å². The highest BCUT2D eigenvalue weighted by atomic mass is 79.9. The Kier molecular flexibility index (Phi) is 6.03. The number of H-pyrrole nitrogens is 1. The van der Waals surface area contributed by atoms with Crippen LogP contribution in [0.1, 0.15) is 49.6 Å². The van der Waals surface area contributed by atoms with Gasteiger partial charge < -0.3 is 9.40 Å². The first-order valence-corrected chi connectivity index (χ1v) is 13.2. The van der Waals surface area contributed by atoms with Gasteiger partial charge in [0.15, 0.2) is 10.2 Å². The third-order valence-corrected chi connectivity index (χ3v) is 7.57. The molecular weight excluding hydrogens is 526 g/mol. The molecule has 1 aliphatic rings. The summed E-state index contributed by atoms with van der Waals surface area (Å²) in [5, 5.41) is 6.54. The Morgan fingerprint density at radius 3 is 2.77 bits per heavy atom. The maximum Gasteiger partial charge on any atom is 0.282 e. The van der Waals surface area contributed by atoms with Crippen LogP contribution in [0.3, 0.4) is 0 Å². The third kappa shape index (κ3) is 4.58. The van der Waals surface area contributed by atoms with E-state index in [2.05, 4.69) is 31.0 Å². The van der Waals surface area contributed by atoms with Gasteiger partial charge in [-0.05, 0) is 67.1 Å². The molecule has 0 radical (unpaired) electrons. The Morgan fingerprint density at radius 2 is 1.91 bits per heavy atom. The van der Waals surface area contributed by atoms with Crippen molar-refractivity contribution in [2.75, 3.05) is 0 Å². The zero-order valence-corrected chi connectivity index (χ0v) is 21.2. The number of nitrogens with zero attached hydrogens (tertiary/aromatic N) is 4. The first-order valence-electron chi connectivity index (χ1n) is 11.6. The van der Waals surface area contributed by atoms with Crippen LogP contribution in [0.25, 0.3) is 21.9 Å². The van der Waals surface area contributed by atoms with Gasteiger partial charge >= 0.3 is 0 Å². The molecule has 3 heterocycles. The summed E-state index contributed by atoms with van der Waals surface area (Å²) in [6.45, 7) is 0. The Bertz CT molecular complexity index is 1580. The fourth-order valence-electron chi connectivity index (χ4n) is 4.55. The average Bonchev–Trinajstić information content (AvgIpc) is 3.50. The highest BCUT2D eigenvalue weighted by Crippen LogP contribution is 2.32. The van der Waals surface area contributed by atoms with Gasteiger partial charge in [0, 0.05) is 10.4 Å². The summed E-state index contributed by atoms with van der Waals surface area (Å²) in [5.74, 6) is 1.50. The van der Waals surface area contributed by atoms with Gasteiger partial charge in [-0.25, -0.2) is 9.97 Å². The van der Waals surface area contributed by atoms with E-state index >= 15 is 0 Å². The van der Waals surface area contributed by atoms with Gasteiger partial charge in [-0.3, -0.25) is 4.79 Å². The third-order valence-electron chi connectivity index (χ3n) is 6.27. The predicted octanol–water partition coefficient (Wildman–Crippen LogP) is 6.71. The summed E-state index contributed by atoms with van der Waals surface area (Å²) >= 11 is 4.87. The SMILES string of the molecule is O=c1c2cc(Br)ccc2nc(C2CCCCC2)n1N=Cc1ccc(Sc2nc3ccccc3[nH]2)o1. The molecular formula is C26H22BrN5O2S. The van der Waals surface area contributed by atoms with Crippen LogP contribution in [-0.2, 0) is 0 Å². The second-order valence-electron chi connectivity index (χ2n) is 8.65. The second kappa shape index (κ2) is 9.47. The Hall–Kier alpha value is -3.17. The molecule has 0 unspecified atom stereocenters. The topological polar surface area (TPSA) is 89.1 Å². The van der Waals surface area contributed by atoms with E-state index in [-0.39, 0.29) is 11.5 Å². The molecule has 176 valence electrons. The number of hydrogen-bond acceptors (Lipinski definition) is 6. The number of hydrogen-bond donors (Lipinski definition) is 1. The Labute approximate surface area is 213 Å². The van der Waals surface area contributed by atoms with Gasteiger partial charge in [-0.15, -0.1) is 0 Å². The van der Waals surface area contributed by atoms with Crippen LogP contribution < -0.4 is 5.56 Å². The lowest BCUT2D eigenvalue weighted by atomic mass is 9.88. The summed E-state index contributed by atoms with van der Waals surface area (Å²) < 4.78 is 8.24.